The van der Waals surface area contributed by atoms with Crippen molar-refractivity contribution in [2.24, 2.45) is 0 Å². The number of aromatic nitrogens is 6. The molecule has 3 aromatic heterocycles. The minimum Gasteiger partial charge on any atom is -0.356 e. The molecule has 0 saturated carbocycles. The van der Waals surface area contributed by atoms with Gasteiger partial charge in [0, 0.05) is 47.0 Å². The van der Waals surface area contributed by atoms with Gasteiger partial charge in [-0.1, -0.05) is 19.9 Å². The van der Waals surface area contributed by atoms with E-state index in [-0.39, 0.29) is 0 Å². The Balaban J connectivity index is 1.30. The van der Waals surface area contributed by atoms with E-state index >= 15 is 0 Å². The Bertz CT molecular complexity index is 1480. The van der Waals surface area contributed by atoms with Crippen molar-refractivity contribution >= 4 is 39.3 Å². The molecule has 170 valence electrons. The highest BCUT2D eigenvalue weighted by atomic mass is 15.2. The summed E-state index contributed by atoms with van der Waals surface area (Å²) in [5.41, 5.74) is 5.78. The van der Waals surface area contributed by atoms with Gasteiger partial charge in [-0.3, -0.25) is 5.10 Å². The fraction of sp³-hybridized carbons (Fsp3) is 0.269. The molecule has 1 saturated heterocycles. The van der Waals surface area contributed by atoms with E-state index in [0.29, 0.717) is 11.9 Å². The van der Waals surface area contributed by atoms with Gasteiger partial charge in [-0.2, -0.15) is 5.10 Å². The zero-order valence-electron chi connectivity index (χ0n) is 19.3. The Labute approximate surface area is 197 Å². The molecule has 0 amide bonds. The lowest BCUT2D eigenvalue weighted by molar-refractivity contribution is 0.818. The summed E-state index contributed by atoms with van der Waals surface area (Å²) in [5.74, 6) is 1.93. The highest BCUT2D eigenvalue weighted by molar-refractivity contribution is 5.92. The van der Waals surface area contributed by atoms with Crippen molar-refractivity contribution in [2.75, 3.05) is 23.3 Å². The molecule has 0 unspecified atom stereocenters. The number of hydrogen-bond acceptors (Lipinski definition) is 7. The number of aromatic amines is 1. The number of anilines is 3. The van der Waals surface area contributed by atoms with Crippen molar-refractivity contribution < 1.29 is 0 Å². The quantitative estimate of drug-likeness (QED) is 0.369. The van der Waals surface area contributed by atoms with Crippen LogP contribution in [0.4, 0.5) is 17.5 Å². The van der Waals surface area contributed by atoms with Crippen molar-refractivity contribution in [3.05, 3.63) is 60.7 Å². The van der Waals surface area contributed by atoms with Crippen LogP contribution in [-0.2, 0) is 0 Å². The molecule has 6 rings (SSSR count). The van der Waals surface area contributed by atoms with Crippen LogP contribution in [-0.4, -0.2) is 43.2 Å². The van der Waals surface area contributed by atoms with Gasteiger partial charge in [0.15, 0.2) is 0 Å². The summed E-state index contributed by atoms with van der Waals surface area (Å²) in [5, 5.41) is 13.1. The second-order valence-corrected chi connectivity index (χ2v) is 9.04. The van der Waals surface area contributed by atoms with Crippen molar-refractivity contribution in [3.63, 3.8) is 0 Å². The number of nitrogens with zero attached hydrogens (tertiary/aromatic N) is 6. The van der Waals surface area contributed by atoms with E-state index in [1.807, 2.05) is 30.3 Å². The summed E-state index contributed by atoms with van der Waals surface area (Å²) in [6, 6.07) is 14.3. The molecular weight excluding hydrogens is 424 g/mol. The monoisotopic (exact) mass is 450 g/mol. The average Bonchev–Trinajstić information content (AvgIpc) is 3.54. The topological polar surface area (TPSA) is 95.5 Å². The van der Waals surface area contributed by atoms with E-state index in [1.54, 1.807) is 12.5 Å². The maximum Gasteiger partial charge on any atom is 0.227 e. The van der Waals surface area contributed by atoms with Crippen molar-refractivity contribution in [2.45, 2.75) is 32.6 Å². The van der Waals surface area contributed by atoms with E-state index in [0.717, 1.165) is 63.4 Å². The van der Waals surface area contributed by atoms with Gasteiger partial charge in [0.2, 0.25) is 5.95 Å². The number of rotatable bonds is 5. The summed E-state index contributed by atoms with van der Waals surface area (Å²) in [7, 11) is 0. The first-order valence-corrected chi connectivity index (χ1v) is 11.7. The molecule has 0 aliphatic carbocycles. The van der Waals surface area contributed by atoms with E-state index < -0.39 is 0 Å². The second kappa shape index (κ2) is 8.37. The van der Waals surface area contributed by atoms with Crippen LogP contribution in [0.2, 0.25) is 0 Å². The molecule has 0 radical (unpaired) electrons. The van der Waals surface area contributed by atoms with Crippen LogP contribution in [0.5, 0.6) is 0 Å². The summed E-state index contributed by atoms with van der Waals surface area (Å²) >= 11 is 0. The first kappa shape index (κ1) is 20.5. The lowest BCUT2D eigenvalue weighted by Crippen LogP contribution is -2.19. The van der Waals surface area contributed by atoms with Crippen LogP contribution >= 0.6 is 0 Å². The van der Waals surface area contributed by atoms with Gasteiger partial charge in [-0.25, -0.2) is 19.9 Å². The molecule has 0 bridgehead atoms. The molecule has 8 heteroatoms. The van der Waals surface area contributed by atoms with Crippen molar-refractivity contribution in [3.8, 4) is 11.3 Å². The van der Waals surface area contributed by atoms with Gasteiger partial charge in [0.25, 0.3) is 0 Å². The second-order valence-electron chi connectivity index (χ2n) is 9.04. The Morgan fingerprint density at radius 2 is 1.79 bits per heavy atom. The van der Waals surface area contributed by atoms with E-state index in [2.05, 4.69) is 61.3 Å². The number of benzene rings is 2. The number of hydrogen-bond donors (Lipinski definition) is 2. The zero-order chi connectivity index (χ0) is 23.1. The van der Waals surface area contributed by atoms with Gasteiger partial charge in [-0.05, 0) is 55.2 Å². The molecule has 1 fully saturated rings. The summed E-state index contributed by atoms with van der Waals surface area (Å²) in [4.78, 5) is 20.6. The van der Waals surface area contributed by atoms with Gasteiger partial charge in [0.1, 0.15) is 12.1 Å². The highest BCUT2D eigenvalue weighted by Gasteiger charge is 2.17. The Morgan fingerprint density at radius 1 is 0.912 bits per heavy atom. The maximum absolute atomic E-state index is 4.77. The molecule has 1 aliphatic heterocycles. The molecule has 0 spiro atoms. The molecule has 4 heterocycles. The Hall–Kier alpha value is -4.07. The number of nitrogens with one attached hydrogen (secondary N) is 2. The Kier molecular flexibility index (Phi) is 5.05. The summed E-state index contributed by atoms with van der Waals surface area (Å²) < 4.78 is 0. The zero-order valence-corrected chi connectivity index (χ0v) is 19.3. The molecule has 1 aliphatic rings. The third-order valence-corrected chi connectivity index (χ3v) is 6.39. The van der Waals surface area contributed by atoms with Crippen molar-refractivity contribution in [1.82, 2.24) is 30.1 Å². The molecular formula is C26H26N8. The third-order valence-electron chi connectivity index (χ3n) is 6.39. The van der Waals surface area contributed by atoms with Gasteiger partial charge < -0.3 is 10.2 Å². The normalized spacial score (nSPS) is 13.9. The molecule has 0 atom stereocenters. The largest absolute Gasteiger partial charge is 0.356 e. The smallest absolute Gasteiger partial charge is 0.227 e. The van der Waals surface area contributed by atoms with Crippen LogP contribution in [0.25, 0.3) is 33.1 Å². The van der Waals surface area contributed by atoms with Crippen LogP contribution in [0.1, 0.15) is 38.3 Å². The minimum atomic E-state index is 0.366. The first-order valence-electron chi connectivity index (χ1n) is 11.7. The third kappa shape index (κ3) is 3.71. The van der Waals surface area contributed by atoms with E-state index in [4.69, 9.17) is 4.98 Å². The fourth-order valence-electron chi connectivity index (χ4n) is 4.64. The van der Waals surface area contributed by atoms with Crippen LogP contribution in [0.15, 0.2) is 55.0 Å². The average molecular weight is 451 g/mol. The SMILES string of the molecule is CC(C)c1[nH]nc2ccc(-c3ccnc(Nc4ccc5c(N6CCCC6)ncnc5c4)n3)cc12. The predicted octanol–water partition coefficient (Wildman–Crippen LogP) is 5.43. The lowest BCUT2D eigenvalue weighted by Gasteiger charge is -2.18. The van der Waals surface area contributed by atoms with E-state index in [1.165, 1.54) is 12.8 Å². The number of H-pyrrole nitrogens is 1. The summed E-state index contributed by atoms with van der Waals surface area (Å²) in [6.07, 6.45) is 5.85. The highest BCUT2D eigenvalue weighted by Crippen LogP contribution is 2.30. The Morgan fingerprint density at radius 3 is 2.65 bits per heavy atom. The van der Waals surface area contributed by atoms with Crippen molar-refractivity contribution in [1.29, 1.82) is 0 Å². The number of fused-ring (bicyclic) bond motifs is 2. The maximum atomic E-state index is 4.77. The molecule has 2 aromatic carbocycles. The van der Waals surface area contributed by atoms with Crippen LogP contribution in [0, 0.1) is 0 Å². The molecule has 2 N–H and O–H groups in total. The first-order chi connectivity index (χ1) is 16.7. The van der Waals surface area contributed by atoms with Gasteiger partial charge in [0.05, 0.1) is 16.7 Å². The molecule has 34 heavy (non-hydrogen) atoms. The van der Waals surface area contributed by atoms with E-state index in [9.17, 15) is 0 Å². The molecule has 5 aromatic rings. The van der Waals surface area contributed by atoms with Gasteiger partial charge >= 0.3 is 0 Å². The summed E-state index contributed by atoms with van der Waals surface area (Å²) in [6.45, 7) is 6.43. The standard InChI is InChI=1S/C26H26N8/c1-16(2)24-20-13-17(5-8-22(20)32-33-24)21-9-10-27-26(31-21)30-18-6-7-19-23(14-18)28-15-29-25(19)34-11-3-4-12-34/h5-10,13-16H,3-4,11-12H2,1-2H3,(H,32,33)(H,27,30,31). The fourth-order valence-corrected chi connectivity index (χ4v) is 4.64. The predicted molar refractivity (Wildman–Crippen MR) is 135 cm³/mol. The van der Waals surface area contributed by atoms with Crippen LogP contribution < -0.4 is 10.2 Å². The lowest BCUT2D eigenvalue weighted by atomic mass is 10.0. The van der Waals surface area contributed by atoms with Crippen LogP contribution in [0.3, 0.4) is 0 Å². The van der Waals surface area contributed by atoms with Gasteiger partial charge in [-0.15, -0.1) is 0 Å². The minimum absolute atomic E-state index is 0.366. The molecule has 8 nitrogen and oxygen atoms in total.